The Labute approximate surface area is 112 Å². The van der Waals surface area contributed by atoms with Gasteiger partial charge in [0.15, 0.2) is 0 Å². The third-order valence-electron chi connectivity index (χ3n) is 2.37. The van der Waals surface area contributed by atoms with Crippen LogP contribution in [0.2, 0.25) is 0 Å². The van der Waals surface area contributed by atoms with Crippen molar-refractivity contribution in [1.29, 1.82) is 0 Å². The highest BCUT2D eigenvalue weighted by Gasteiger charge is 2.09. The molecule has 0 saturated carbocycles. The van der Waals surface area contributed by atoms with E-state index in [2.05, 4.69) is 66.3 Å². The van der Waals surface area contributed by atoms with E-state index in [0.717, 1.165) is 11.0 Å². The molecule has 1 aromatic rings. The molecule has 1 nitrogen and oxygen atoms in total. The van der Waals surface area contributed by atoms with Gasteiger partial charge < -0.3 is 5.32 Å². The molecule has 0 aromatic heterocycles. The highest BCUT2D eigenvalue weighted by molar-refractivity contribution is 9.10. The van der Waals surface area contributed by atoms with Gasteiger partial charge in [0.05, 0.1) is 0 Å². The molecule has 0 heterocycles. The van der Waals surface area contributed by atoms with Gasteiger partial charge in [0.25, 0.3) is 0 Å². The van der Waals surface area contributed by atoms with Gasteiger partial charge in [-0.1, -0.05) is 35.8 Å². The first-order chi connectivity index (χ1) is 7.61. The van der Waals surface area contributed by atoms with Gasteiger partial charge in [-0.15, -0.1) is 11.8 Å². The Bertz CT molecular complexity index is 317. The molecule has 90 valence electrons. The van der Waals surface area contributed by atoms with Crippen LogP contribution in [0.25, 0.3) is 0 Å². The molecule has 0 spiro atoms. The Kier molecular flexibility index (Phi) is 6.47. The molecule has 0 radical (unpaired) electrons. The monoisotopic (exact) mass is 301 g/mol. The fraction of sp³-hybridized carbons (Fsp3) is 0.538. The van der Waals surface area contributed by atoms with Crippen molar-refractivity contribution in [2.75, 3.05) is 6.54 Å². The summed E-state index contributed by atoms with van der Waals surface area (Å²) in [4.78, 5) is 1.34. The summed E-state index contributed by atoms with van der Waals surface area (Å²) >= 11 is 5.44. The summed E-state index contributed by atoms with van der Waals surface area (Å²) in [5, 5.41) is 4.09. The first-order valence-corrected chi connectivity index (χ1v) is 7.44. The zero-order valence-corrected chi connectivity index (χ0v) is 12.6. The number of rotatable bonds is 6. The average Bonchev–Trinajstić information content (AvgIpc) is 2.17. The lowest BCUT2D eigenvalue weighted by atomic mass is 10.2. The molecule has 3 heteroatoms. The molecule has 0 aliphatic rings. The number of hydrogen-bond acceptors (Lipinski definition) is 2. The summed E-state index contributed by atoms with van der Waals surface area (Å²) in [5.41, 5.74) is 0. The lowest BCUT2D eigenvalue weighted by Gasteiger charge is -2.17. The number of thioether (sulfide) groups is 1. The third kappa shape index (κ3) is 5.37. The van der Waals surface area contributed by atoms with E-state index in [-0.39, 0.29) is 0 Å². The van der Waals surface area contributed by atoms with Crippen LogP contribution < -0.4 is 5.32 Å². The molecule has 0 saturated heterocycles. The lowest BCUT2D eigenvalue weighted by molar-refractivity contribution is 0.530. The standard InChI is InChI=1S/C13H20BrNS/c1-4-15-10(2)8-11(3)16-13-7-5-6-12(14)9-13/h5-7,9-11,15H,4,8H2,1-3H3. The first kappa shape index (κ1) is 14.1. The minimum Gasteiger partial charge on any atom is -0.314 e. The summed E-state index contributed by atoms with van der Waals surface area (Å²) < 4.78 is 1.16. The predicted molar refractivity (Wildman–Crippen MR) is 77.2 cm³/mol. The maximum absolute atomic E-state index is 3.50. The van der Waals surface area contributed by atoms with Crippen LogP contribution in [-0.2, 0) is 0 Å². The van der Waals surface area contributed by atoms with Crippen molar-refractivity contribution >= 4 is 27.7 Å². The van der Waals surface area contributed by atoms with E-state index in [1.54, 1.807) is 0 Å². The SMILES string of the molecule is CCNC(C)CC(C)Sc1cccc(Br)c1. The fourth-order valence-electron chi connectivity index (χ4n) is 1.75. The molecular formula is C13H20BrNS. The van der Waals surface area contributed by atoms with E-state index in [4.69, 9.17) is 0 Å². The van der Waals surface area contributed by atoms with Crippen molar-refractivity contribution in [1.82, 2.24) is 5.32 Å². The van der Waals surface area contributed by atoms with Crippen LogP contribution in [0.4, 0.5) is 0 Å². The predicted octanol–water partition coefficient (Wildman–Crippen LogP) is 4.32. The molecular weight excluding hydrogens is 282 g/mol. The van der Waals surface area contributed by atoms with Gasteiger partial charge in [0, 0.05) is 20.7 Å². The maximum Gasteiger partial charge on any atom is 0.0186 e. The van der Waals surface area contributed by atoms with Gasteiger partial charge in [-0.25, -0.2) is 0 Å². The summed E-state index contributed by atoms with van der Waals surface area (Å²) in [6.45, 7) is 7.75. The van der Waals surface area contributed by atoms with Crippen LogP contribution in [-0.4, -0.2) is 17.8 Å². The zero-order chi connectivity index (χ0) is 12.0. The van der Waals surface area contributed by atoms with Gasteiger partial charge in [0.2, 0.25) is 0 Å². The van der Waals surface area contributed by atoms with Gasteiger partial charge in [-0.05, 0) is 38.1 Å². The van der Waals surface area contributed by atoms with Gasteiger partial charge in [-0.3, -0.25) is 0 Å². The number of benzene rings is 1. The van der Waals surface area contributed by atoms with E-state index in [9.17, 15) is 0 Å². The minimum absolute atomic E-state index is 0.597. The largest absolute Gasteiger partial charge is 0.314 e. The van der Waals surface area contributed by atoms with Crippen LogP contribution in [0.15, 0.2) is 33.6 Å². The fourth-order valence-corrected chi connectivity index (χ4v) is 3.50. The van der Waals surface area contributed by atoms with Crippen molar-refractivity contribution < 1.29 is 0 Å². The highest BCUT2D eigenvalue weighted by Crippen LogP contribution is 2.27. The van der Waals surface area contributed by atoms with E-state index >= 15 is 0 Å². The third-order valence-corrected chi connectivity index (χ3v) is 3.99. The topological polar surface area (TPSA) is 12.0 Å². The van der Waals surface area contributed by atoms with Crippen molar-refractivity contribution in [2.45, 2.75) is 43.4 Å². The molecule has 2 unspecified atom stereocenters. The maximum atomic E-state index is 3.50. The van der Waals surface area contributed by atoms with Gasteiger partial charge >= 0.3 is 0 Å². The Hall–Kier alpha value is 0.01000. The smallest absolute Gasteiger partial charge is 0.0186 e. The molecule has 0 bridgehead atoms. The lowest BCUT2D eigenvalue weighted by Crippen LogP contribution is -2.28. The second-order valence-corrected chi connectivity index (χ2v) is 6.51. The molecule has 1 aromatic carbocycles. The molecule has 0 fully saturated rings. The highest BCUT2D eigenvalue weighted by atomic mass is 79.9. The van der Waals surface area contributed by atoms with Crippen molar-refractivity contribution in [3.8, 4) is 0 Å². The quantitative estimate of drug-likeness (QED) is 0.786. The summed E-state index contributed by atoms with van der Waals surface area (Å²) in [5.74, 6) is 0. The van der Waals surface area contributed by atoms with E-state index in [1.807, 2.05) is 11.8 Å². The zero-order valence-electron chi connectivity index (χ0n) is 10.2. The minimum atomic E-state index is 0.597. The first-order valence-electron chi connectivity index (χ1n) is 5.77. The van der Waals surface area contributed by atoms with Crippen molar-refractivity contribution in [3.05, 3.63) is 28.7 Å². The molecule has 0 amide bonds. The van der Waals surface area contributed by atoms with E-state index < -0.39 is 0 Å². The molecule has 1 rings (SSSR count). The number of nitrogens with one attached hydrogen (secondary N) is 1. The van der Waals surface area contributed by atoms with E-state index in [1.165, 1.54) is 11.3 Å². The Morgan fingerprint density at radius 2 is 2.12 bits per heavy atom. The molecule has 2 atom stereocenters. The summed E-state index contributed by atoms with van der Waals surface area (Å²) in [6.07, 6.45) is 1.20. The second kappa shape index (κ2) is 7.36. The normalized spacial score (nSPS) is 14.8. The number of hydrogen-bond donors (Lipinski definition) is 1. The van der Waals surface area contributed by atoms with Crippen LogP contribution in [0.1, 0.15) is 27.2 Å². The Balaban J connectivity index is 2.42. The Morgan fingerprint density at radius 3 is 2.75 bits per heavy atom. The summed E-state index contributed by atoms with van der Waals surface area (Å²) in [6, 6.07) is 9.10. The molecule has 16 heavy (non-hydrogen) atoms. The van der Waals surface area contributed by atoms with Crippen LogP contribution in [0.5, 0.6) is 0 Å². The van der Waals surface area contributed by atoms with Crippen molar-refractivity contribution in [3.63, 3.8) is 0 Å². The van der Waals surface area contributed by atoms with Crippen molar-refractivity contribution in [2.24, 2.45) is 0 Å². The van der Waals surface area contributed by atoms with Gasteiger partial charge in [0.1, 0.15) is 0 Å². The second-order valence-electron chi connectivity index (χ2n) is 4.08. The van der Waals surface area contributed by atoms with Crippen LogP contribution >= 0.6 is 27.7 Å². The molecule has 0 aliphatic carbocycles. The van der Waals surface area contributed by atoms with Crippen LogP contribution in [0.3, 0.4) is 0 Å². The van der Waals surface area contributed by atoms with Gasteiger partial charge in [-0.2, -0.15) is 0 Å². The van der Waals surface area contributed by atoms with Crippen LogP contribution in [0, 0.1) is 0 Å². The summed E-state index contributed by atoms with van der Waals surface area (Å²) in [7, 11) is 0. The van der Waals surface area contributed by atoms with E-state index in [0.29, 0.717) is 11.3 Å². The molecule has 0 aliphatic heterocycles. The molecule has 1 N–H and O–H groups in total. The Morgan fingerprint density at radius 1 is 1.38 bits per heavy atom. The number of halogens is 1. The average molecular weight is 302 g/mol.